The molecule has 114 valence electrons. The Balaban J connectivity index is 1.77. The van der Waals surface area contributed by atoms with Crippen molar-refractivity contribution in [2.24, 2.45) is 5.41 Å². The minimum absolute atomic E-state index is 0.109. The molecule has 0 radical (unpaired) electrons. The van der Waals surface area contributed by atoms with Crippen LogP contribution < -0.4 is 10.6 Å². The molecule has 0 aliphatic heterocycles. The highest BCUT2D eigenvalue weighted by Gasteiger charge is 2.39. The molecule has 1 aliphatic rings. The highest BCUT2D eigenvalue weighted by molar-refractivity contribution is 6.31. The van der Waals surface area contributed by atoms with Crippen LogP contribution >= 0.6 is 11.6 Å². The first-order valence-corrected chi connectivity index (χ1v) is 7.35. The summed E-state index contributed by atoms with van der Waals surface area (Å²) in [7, 11) is 0. The number of carbonyl (C=O) groups is 2. The van der Waals surface area contributed by atoms with Gasteiger partial charge in [0.2, 0.25) is 0 Å². The van der Waals surface area contributed by atoms with Crippen molar-refractivity contribution in [3.63, 3.8) is 0 Å². The van der Waals surface area contributed by atoms with Crippen LogP contribution in [0.3, 0.4) is 0 Å². The van der Waals surface area contributed by atoms with E-state index in [4.69, 9.17) is 16.7 Å². The molecule has 0 aromatic heterocycles. The van der Waals surface area contributed by atoms with Gasteiger partial charge < -0.3 is 15.7 Å². The molecule has 0 heterocycles. The average molecular weight is 311 g/mol. The van der Waals surface area contributed by atoms with Crippen LogP contribution in [0.4, 0.5) is 4.79 Å². The van der Waals surface area contributed by atoms with Gasteiger partial charge >= 0.3 is 12.0 Å². The smallest absolute Gasteiger partial charge is 0.315 e. The van der Waals surface area contributed by atoms with Gasteiger partial charge in [0.15, 0.2) is 0 Å². The molecular weight excluding hydrogens is 292 g/mol. The topological polar surface area (TPSA) is 78.4 Å². The summed E-state index contributed by atoms with van der Waals surface area (Å²) in [6, 6.07) is 7.01. The van der Waals surface area contributed by atoms with Gasteiger partial charge in [0.1, 0.15) is 0 Å². The van der Waals surface area contributed by atoms with Crippen LogP contribution in [0.15, 0.2) is 24.3 Å². The van der Waals surface area contributed by atoms with Crippen molar-refractivity contribution in [1.82, 2.24) is 10.6 Å². The Labute approximate surface area is 128 Å². The molecular formula is C15H19ClN2O3. The summed E-state index contributed by atoms with van der Waals surface area (Å²) in [6.45, 7) is 0.741. The summed E-state index contributed by atoms with van der Waals surface area (Å²) in [4.78, 5) is 22.6. The molecule has 5 nitrogen and oxygen atoms in total. The number of carbonyl (C=O) groups excluding carboxylic acids is 1. The molecule has 0 bridgehead atoms. The molecule has 1 saturated carbocycles. The van der Waals surface area contributed by atoms with Gasteiger partial charge in [-0.05, 0) is 29.9 Å². The second-order valence-corrected chi connectivity index (χ2v) is 5.96. The normalized spacial score (nSPS) is 15.9. The van der Waals surface area contributed by atoms with E-state index in [-0.39, 0.29) is 17.9 Å². The summed E-state index contributed by atoms with van der Waals surface area (Å²) in [6.07, 6.45) is 2.84. The predicted molar refractivity (Wildman–Crippen MR) is 80.2 cm³/mol. The minimum Gasteiger partial charge on any atom is -0.481 e. The minimum atomic E-state index is -0.812. The fraction of sp³-hybridized carbons (Fsp3) is 0.467. The molecule has 1 aliphatic carbocycles. The molecule has 0 spiro atoms. The molecule has 2 rings (SSSR count). The van der Waals surface area contributed by atoms with Crippen molar-refractivity contribution in [3.8, 4) is 0 Å². The second kappa shape index (κ2) is 6.80. The van der Waals surface area contributed by atoms with Gasteiger partial charge in [-0.15, -0.1) is 0 Å². The first-order chi connectivity index (χ1) is 10.0. The second-order valence-electron chi connectivity index (χ2n) is 5.55. The van der Waals surface area contributed by atoms with Crippen molar-refractivity contribution in [1.29, 1.82) is 0 Å². The van der Waals surface area contributed by atoms with E-state index in [1.165, 1.54) is 0 Å². The predicted octanol–water partition coefficient (Wildman–Crippen LogP) is 2.78. The molecule has 1 fully saturated rings. The number of hydrogen-bond acceptors (Lipinski definition) is 2. The van der Waals surface area contributed by atoms with Crippen molar-refractivity contribution in [2.75, 3.05) is 6.54 Å². The van der Waals surface area contributed by atoms with Crippen molar-refractivity contribution in [2.45, 2.75) is 32.2 Å². The van der Waals surface area contributed by atoms with E-state index in [0.717, 1.165) is 24.8 Å². The summed E-state index contributed by atoms with van der Waals surface area (Å²) < 4.78 is 0. The lowest BCUT2D eigenvalue weighted by atomic mass is 9.66. The number of carboxylic acid groups (broad SMARTS) is 1. The number of halogens is 1. The first kappa shape index (κ1) is 15.6. The number of aliphatic carboxylic acids is 1. The van der Waals surface area contributed by atoms with Crippen LogP contribution in [-0.4, -0.2) is 23.7 Å². The van der Waals surface area contributed by atoms with Gasteiger partial charge in [-0.25, -0.2) is 4.79 Å². The molecule has 0 saturated heterocycles. The maximum atomic E-state index is 11.8. The number of hydrogen-bond donors (Lipinski definition) is 3. The Hall–Kier alpha value is -1.75. The zero-order valence-corrected chi connectivity index (χ0v) is 12.4. The monoisotopic (exact) mass is 310 g/mol. The van der Waals surface area contributed by atoms with Crippen molar-refractivity contribution < 1.29 is 14.7 Å². The highest BCUT2D eigenvalue weighted by atomic mass is 35.5. The standard InChI is InChI=1S/C15H19ClN2O3/c16-12-5-2-1-4-11(12)9-17-14(21)18-10-15(6-3-7-15)8-13(19)20/h1-2,4-5H,3,6-10H2,(H,19,20)(H2,17,18,21). The number of urea groups is 1. The summed E-state index contributed by atoms with van der Waals surface area (Å²) >= 11 is 6.01. The van der Waals surface area contributed by atoms with Crippen LogP contribution in [0.1, 0.15) is 31.2 Å². The van der Waals surface area contributed by atoms with Crippen LogP contribution in [0.25, 0.3) is 0 Å². The van der Waals surface area contributed by atoms with Crippen LogP contribution in [0.2, 0.25) is 5.02 Å². The van der Waals surface area contributed by atoms with E-state index < -0.39 is 5.97 Å². The van der Waals surface area contributed by atoms with Gasteiger partial charge in [-0.2, -0.15) is 0 Å². The van der Waals surface area contributed by atoms with E-state index in [1.807, 2.05) is 18.2 Å². The number of benzene rings is 1. The molecule has 6 heteroatoms. The zero-order valence-electron chi connectivity index (χ0n) is 11.7. The summed E-state index contributed by atoms with van der Waals surface area (Å²) in [5.41, 5.74) is 0.575. The fourth-order valence-electron chi connectivity index (χ4n) is 2.56. The van der Waals surface area contributed by atoms with Crippen molar-refractivity contribution in [3.05, 3.63) is 34.9 Å². The molecule has 0 atom stereocenters. The van der Waals surface area contributed by atoms with Crippen LogP contribution in [0, 0.1) is 5.41 Å². The van der Waals surface area contributed by atoms with Gasteiger partial charge in [-0.3, -0.25) is 4.79 Å². The number of amides is 2. The van der Waals surface area contributed by atoms with Gasteiger partial charge in [-0.1, -0.05) is 36.2 Å². The van der Waals surface area contributed by atoms with Gasteiger partial charge in [0.05, 0.1) is 6.42 Å². The lowest BCUT2D eigenvalue weighted by molar-refractivity contribution is -0.141. The molecule has 1 aromatic rings. The van der Waals surface area contributed by atoms with Gasteiger partial charge in [0, 0.05) is 18.1 Å². The number of nitrogens with one attached hydrogen (secondary N) is 2. The molecule has 21 heavy (non-hydrogen) atoms. The molecule has 3 N–H and O–H groups in total. The lowest BCUT2D eigenvalue weighted by Gasteiger charge is -2.40. The SMILES string of the molecule is O=C(O)CC1(CNC(=O)NCc2ccccc2Cl)CCC1. The van der Waals surface area contributed by atoms with E-state index in [0.29, 0.717) is 18.1 Å². The largest absolute Gasteiger partial charge is 0.481 e. The first-order valence-electron chi connectivity index (χ1n) is 6.98. The Bertz CT molecular complexity index is 529. The fourth-order valence-corrected chi connectivity index (χ4v) is 2.76. The Morgan fingerprint density at radius 2 is 1.95 bits per heavy atom. The highest BCUT2D eigenvalue weighted by Crippen LogP contribution is 2.43. The zero-order chi connectivity index (χ0) is 15.3. The Morgan fingerprint density at radius 3 is 2.52 bits per heavy atom. The quantitative estimate of drug-likeness (QED) is 0.756. The summed E-state index contributed by atoms with van der Waals surface area (Å²) in [5.74, 6) is -0.812. The van der Waals surface area contributed by atoms with E-state index in [9.17, 15) is 9.59 Å². The molecule has 1 aromatic carbocycles. The Kier molecular flexibility index (Phi) is 5.07. The Morgan fingerprint density at radius 1 is 1.24 bits per heavy atom. The summed E-state index contributed by atoms with van der Waals surface area (Å²) in [5, 5.41) is 15.0. The number of rotatable bonds is 6. The van der Waals surface area contributed by atoms with Crippen LogP contribution in [0.5, 0.6) is 0 Å². The maximum Gasteiger partial charge on any atom is 0.315 e. The third kappa shape index (κ3) is 4.36. The maximum absolute atomic E-state index is 11.8. The lowest BCUT2D eigenvalue weighted by Crippen LogP contribution is -2.46. The molecule has 0 unspecified atom stereocenters. The third-order valence-electron chi connectivity index (χ3n) is 3.96. The third-order valence-corrected chi connectivity index (χ3v) is 4.33. The average Bonchev–Trinajstić information content (AvgIpc) is 2.40. The van der Waals surface area contributed by atoms with E-state index >= 15 is 0 Å². The van der Waals surface area contributed by atoms with E-state index in [1.54, 1.807) is 6.07 Å². The van der Waals surface area contributed by atoms with Gasteiger partial charge in [0.25, 0.3) is 0 Å². The van der Waals surface area contributed by atoms with E-state index in [2.05, 4.69) is 10.6 Å². The number of carboxylic acids is 1. The van der Waals surface area contributed by atoms with Crippen molar-refractivity contribution >= 4 is 23.6 Å². The molecule has 2 amide bonds. The van der Waals surface area contributed by atoms with Crippen LogP contribution in [-0.2, 0) is 11.3 Å².